The van der Waals surface area contributed by atoms with Crippen LogP contribution in [0, 0.1) is 40.8 Å². The number of ether oxygens (including phenoxy) is 2. The second-order valence-electron chi connectivity index (χ2n) is 13.2. The van der Waals surface area contributed by atoms with Crippen LogP contribution >= 0.6 is 11.6 Å². The highest BCUT2D eigenvalue weighted by Crippen LogP contribution is 2.61. The summed E-state index contributed by atoms with van der Waals surface area (Å²) in [5, 5.41) is 10.2. The van der Waals surface area contributed by atoms with Gasteiger partial charge in [0, 0.05) is 5.92 Å². The Hall–Kier alpha value is -5.22. The van der Waals surface area contributed by atoms with E-state index in [4.69, 9.17) is 21.1 Å². The fourth-order valence-corrected chi connectivity index (χ4v) is 8.49. The summed E-state index contributed by atoms with van der Waals surface area (Å²) in [6.45, 7) is 5.51. The van der Waals surface area contributed by atoms with Gasteiger partial charge >= 0.3 is 0 Å². The van der Waals surface area contributed by atoms with Gasteiger partial charge in [-0.1, -0.05) is 60.2 Å². The molecule has 3 aromatic carbocycles. The summed E-state index contributed by atoms with van der Waals surface area (Å²) in [5.41, 5.74) is 1.53. The van der Waals surface area contributed by atoms with E-state index < -0.39 is 52.6 Å². The predicted molar refractivity (Wildman–Crippen MR) is 186 cm³/mol. The first kappa shape index (κ1) is 33.3. The molecule has 3 aromatic rings. The lowest BCUT2D eigenvalue weighted by atomic mass is 9.52. The summed E-state index contributed by atoms with van der Waals surface area (Å²) in [6.07, 6.45) is 7.66. The molecule has 1 saturated carbocycles. The van der Waals surface area contributed by atoms with Crippen molar-refractivity contribution in [2.75, 3.05) is 24.0 Å². The lowest BCUT2D eigenvalue weighted by molar-refractivity contribution is -0.132. The second kappa shape index (κ2) is 12.3. The third kappa shape index (κ3) is 4.87. The van der Waals surface area contributed by atoms with Gasteiger partial charge in [-0.2, -0.15) is 0 Å². The quantitative estimate of drug-likeness (QED) is 0.213. The van der Waals surface area contributed by atoms with Gasteiger partial charge in [-0.3, -0.25) is 24.1 Å². The summed E-state index contributed by atoms with van der Waals surface area (Å²) in [4.78, 5) is 59.3. The van der Waals surface area contributed by atoms with E-state index in [0.717, 1.165) is 22.1 Å². The number of imide groups is 2. The number of aromatic hydroxyl groups is 1. The smallest absolute Gasteiger partial charge is 0.241 e. The van der Waals surface area contributed by atoms with E-state index >= 15 is 0 Å². The van der Waals surface area contributed by atoms with Crippen molar-refractivity contribution in [3.05, 3.63) is 101 Å². The number of allylic oxidation sites excluding steroid dienone is 3. The second-order valence-corrected chi connectivity index (χ2v) is 13.7. The van der Waals surface area contributed by atoms with Crippen LogP contribution in [0.2, 0.25) is 5.02 Å². The highest BCUT2D eigenvalue weighted by atomic mass is 35.5. The van der Waals surface area contributed by atoms with Crippen LogP contribution in [0.1, 0.15) is 30.9 Å². The van der Waals surface area contributed by atoms with Crippen molar-refractivity contribution in [1.29, 1.82) is 0 Å². The highest BCUT2D eigenvalue weighted by Gasteiger charge is 2.67. The number of benzene rings is 3. The first-order valence-corrected chi connectivity index (χ1v) is 16.6. The molecule has 2 saturated heterocycles. The Balaban J connectivity index is 1.34. The van der Waals surface area contributed by atoms with Gasteiger partial charge in [0.05, 0.1) is 53.8 Å². The van der Waals surface area contributed by atoms with Crippen LogP contribution in [-0.2, 0) is 19.2 Å². The monoisotopic (exact) mass is 696 g/mol. The molecule has 50 heavy (non-hydrogen) atoms. The van der Waals surface area contributed by atoms with E-state index in [9.17, 15) is 28.7 Å². The van der Waals surface area contributed by atoms with Gasteiger partial charge in [-0.05, 0) is 79.3 Å². The van der Waals surface area contributed by atoms with Crippen LogP contribution < -0.4 is 19.3 Å². The zero-order valence-electron chi connectivity index (χ0n) is 27.6. The van der Waals surface area contributed by atoms with Crippen LogP contribution in [0.4, 0.5) is 15.8 Å². The van der Waals surface area contributed by atoms with E-state index in [1.54, 1.807) is 55.5 Å². The Labute approximate surface area is 293 Å². The number of hydrogen-bond donors (Lipinski definition) is 1. The van der Waals surface area contributed by atoms with Gasteiger partial charge in [0.15, 0.2) is 11.5 Å². The summed E-state index contributed by atoms with van der Waals surface area (Å²) in [5.74, 6) is -5.57. The molecular formula is C39H34ClFN2O7. The van der Waals surface area contributed by atoms with Crippen molar-refractivity contribution < 1.29 is 38.1 Å². The van der Waals surface area contributed by atoms with Crippen LogP contribution in [-0.4, -0.2) is 43.0 Å². The highest BCUT2D eigenvalue weighted by molar-refractivity contribution is 6.31. The zero-order valence-corrected chi connectivity index (χ0v) is 28.3. The minimum absolute atomic E-state index is 0.147. The molecule has 4 aliphatic rings. The van der Waals surface area contributed by atoms with Gasteiger partial charge < -0.3 is 14.6 Å². The third-order valence-electron chi connectivity index (χ3n) is 10.9. The van der Waals surface area contributed by atoms with Crippen molar-refractivity contribution in [3.63, 3.8) is 0 Å². The maximum absolute atomic E-state index is 14.5. The van der Waals surface area contributed by atoms with Crippen molar-refractivity contribution in [1.82, 2.24) is 0 Å². The Kier molecular flexibility index (Phi) is 8.17. The molecule has 0 aromatic heterocycles. The van der Waals surface area contributed by atoms with Crippen LogP contribution in [0.5, 0.6) is 17.2 Å². The first-order chi connectivity index (χ1) is 23.9. The van der Waals surface area contributed by atoms with Crippen molar-refractivity contribution >= 4 is 58.8 Å². The van der Waals surface area contributed by atoms with E-state index in [2.05, 4.69) is 6.58 Å². The molecule has 6 atom stereocenters. The molecule has 2 heterocycles. The number of phenolic OH excluding ortho intramolecular Hbond substituents is 1. The van der Waals surface area contributed by atoms with Gasteiger partial charge in [0.2, 0.25) is 29.4 Å². The van der Waals surface area contributed by atoms with Crippen LogP contribution in [0.15, 0.2) is 78.9 Å². The number of carbonyl (C=O) groups excluding carboxylic acids is 4. The first-order valence-electron chi connectivity index (χ1n) is 16.2. The maximum Gasteiger partial charge on any atom is 0.241 e. The van der Waals surface area contributed by atoms with Gasteiger partial charge in [0.25, 0.3) is 0 Å². The van der Waals surface area contributed by atoms with E-state index in [1.165, 1.54) is 31.3 Å². The maximum atomic E-state index is 14.5. The molecule has 4 amide bonds. The number of amides is 4. The average Bonchev–Trinajstić information content (AvgIpc) is 3.48. The standard InChI is InChI=1S/C39H34ClFN2O7/c1-5-20-6-9-22(10-7-20)42-35(45)25-13-12-24-26(33(25)37(42)47)19-28-36(46)43(23-11-15-30(41)29(40)18-23)38(48)39(28,2)27(24)14-8-21-16-31(49-3)34(44)32(17-21)50-4/h5-12,14-18,25-28,33,44H,1,13,19H2,2-4H3/t25-,26+,27-,28-,33-,39-/m0/s1. The number of halogens is 2. The van der Waals surface area contributed by atoms with Crippen LogP contribution in [0.3, 0.4) is 0 Å². The lowest BCUT2D eigenvalue weighted by Crippen LogP contribution is -2.49. The zero-order chi connectivity index (χ0) is 35.6. The van der Waals surface area contributed by atoms with Gasteiger partial charge in [-0.15, -0.1) is 0 Å². The minimum atomic E-state index is -1.30. The number of phenols is 1. The van der Waals surface area contributed by atoms with Gasteiger partial charge in [-0.25, -0.2) is 9.29 Å². The van der Waals surface area contributed by atoms with Crippen LogP contribution in [0.25, 0.3) is 12.2 Å². The van der Waals surface area contributed by atoms with Crippen molar-refractivity contribution in [2.45, 2.75) is 19.8 Å². The van der Waals surface area contributed by atoms with Crippen molar-refractivity contribution in [3.8, 4) is 17.2 Å². The number of nitrogens with zero attached hydrogens (tertiary/aromatic N) is 2. The average molecular weight is 697 g/mol. The van der Waals surface area contributed by atoms with Crippen molar-refractivity contribution in [2.24, 2.45) is 35.0 Å². The fourth-order valence-electron chi connectivity index (χ4n) is 8.32. The Morgan fingerprint density at radius 3 is 2.18 bits per heavy atom. The summed E-state index contributed by atoms with van der Waals surface area (Å²) in [6, 6.07) is 13.9. The molecule has 9 nitrogen and oxygen atoms in total. The molecule has 2 aliphatic carbocycles. The molecule has 256 valence electrons. The molecule has 3 fully saturated rings. The molecule has 0 spiro atoms. The van der Waals surface area contributed by atoms with E-state index in [1.807, 2.05) is 12.2 Å². The molecule has 7 rings (SSSR count). The third-order valence-corrected chi connectivity index (χ3v) is 11.2. The number of rotatable bonds is 7. The topological polar surface area (TPSA) is 113 Å². The normalized spacial score (nSPS) is 27.3. The molecule has 0 unspecified atom stereocenters. The largest absolute Gasteiger partial charge is 0.502 e. The summed E-state index contributed by atoms with van der Waals surface area (Å²) >= 11 is 6.09. The number of fused-ring (bicyclic) bond motifs is 4. The molecule has 1 N–H and O–H groups in total. The molecular weight excluding hydrogens is 663 g/mol. The molecule has 2 aliphatic heterocycles. The molecule has 0 radical (unpaired) electrons. The summed E-state index contributed by atoms with van der Waals surface area (Å²) < 4.78 is 24.8. The minimum Gasteiger partial charge on any atom is -0.502 e. The number of anilines is 2. The van der Waals surface area contributed by atoms with Gasteiger partial charge in [0.1, 0.15) is 5.82 Å². The molecule has 0 bridgehead atoms. The number of carbonyl (C=O) groups is 4. The lowest BCUT2D eigenvalue weighted by Gasteiger charge is -2.47. The predicted octanol–water partition coefficient (Wildman–Crippen LogP) is 6.83. The number of methoxy groups -OCH3 is 2. The molecule has 11 heteroatoms. The summed E-state index contributed by atoms with van der Waals surface area (Å²) in [7, 11) is 2.83. The van der Waals surface area contributed by atoms with E-state index in [0.29, 0.717) is 11.3 Å². The SMILES string of the molecule is C=Cc1ccc(N2C(=O)[C@H]3[C@H](CC=C4[C@H]3C[C@H]3C(=O)N(c5ccc(F)c(Cl)c5)C(=O)[C@@]3(C)[C@H]4C=Cc3cc(OC)c(O)c(OC)c3)C2=O)cc1. The van der Waals surface area contributed by atoms with E-state index in [-0.39, 0.29) is 52.6 Å². The Morgan fingerprint density at radius 2 is 1.56 bits per heavy atom. The Morgan fingerprint density at radius 1 is 0.900 bits per heavy atom. The fraction of sp³-hybridized carbons (Fsp3) is 0.282. The Bertz CT molecular complexity index is 2020. The number of hydrogen-bond acceptors (Lipinski definition) is 7.